The normalized spacial score (nSPS) is 35.5. The first-order valence-electron chi connectivity index (χ1n) is 7.50. The Bertz CT molecular complexity index is 660. The van der Waals surface area contributed by atoms with Crippen LogP contribution in [0, 0.1) is 0 Å². The van der Waals surface area contributed by atoms with E-state index in [1.165, 1.54) is 4.90 Å². The van der Waals surface area contributed by atoms with Gasteiger partial charge >= 0.3 is 6.09 Å². The van der Waals surface area contributed by atoms with Crippen molar-refractivity contribution in [1.82, 2.24) is 0 Å². The Morgan fingerprint density at radius 2 is 1.87 bits per heavy atom. The number of carbonyl (C=O) groups is 2. The number of Topliss-reactive ketones (excluding diaryl/α,β-unsaturated/α-hetero) is 1. The summed E-state index contributed by atoms with van der Waals surface area (Å²) in [6, 6.07) is 9.01. The molecule has 23 heavy (non-hydrogen) atoms. The van der Waals surface area contributed by atoms with Crippen molar-refractivity contribution in [3.8, 4) is 0 Å². The summed E-state index contributed by atoms with van der Waals surface area (Å²) in [4.78, 5) is 26.4. The van der Waals surface area contributed by atoms with Crippen molar-refractivity contribution in [1.29, 1.82) is 0 Å². The first-order valence-corrected chi connectivity index (χ1v) is 7.50. The monoisotopic (exact) mass is 319 g/mol. The molecule has 0 aromatic heterocycles. The summed E-state index contributed by atoms with van der Waals surface area (Å²) in [5.74, 6) is -2.90. The average Bonchev–Trinajstić information content (AvgIpc) is 3.02. The molecule has 1 spiro atoms. The van der Waals surface area contributed by atoms with Gasteiger partial charge in [-0.1, -0.05) is 18.2 Å². The summed E-state index contributed by atoms with van der Waals surface area (Å²) in [7, 11) is 0. The number of ketones is 1. The van der Waals surface area contributed by atoms with Crippen LogP contribution in [-0.2, 0) is 23.7 Å². The number of rotatable bonds is 1. The minimum absolute atomic E-state index is 0.00168. The lowest BCUT2D eigenvalue weighted by Crippen LogP contribution is -2.59. The number of hydrogen-bond acceptors (Lipinski definition) is 6. The molecule has 0 radical (unpaired) electrons. The second kappa shape index (κ2) is 4.77. The predicted octanol–water partition coefficient (Wildman–Crippen LogP) is 1.46. The number of fused-ring (bicyclic) bond motifs is 1. The van der Waals surface area contributed by atoms with Gasteiger partial charge in [-0.2, -0.15) is 0 Å². The van der Waals surface area contributed by atoms with Crippen LogP contribution in [0.2, 0.25) is 0 Å². The van der Waals surface area contributed by atoms with Gasteiger partial charge in [0.1, 0.15) is 12.6 Å². The SMILES string of the molecule is CC1(C)OC2C(=O)[C@@]3(CN(c4ccccc4)C(=O)O3)OC[C@H]2O1. The quantitative estimate of drug-likeness (QED) is 0.780. The molecule has 0 N–H and O–H groups in total. The lowest BCUT2D eigenvalue weighted by molar-refractivity contribution is -0.218. The fraction of sp³-hybridized carbons (Fsp3) is 0.500. The molecule has 4 rings (SSSR count). The van der Waals surface area contributed by atoms with Crippen LogP contribution in [0.5, 0.6) is 0 Å². The Morgan fingerprint density at radius 1 is 1.13 bits per heavy atom. The summed E-state index contributed by atoms with van der Waals surface area (Å²) in [6.07, 6.45) is -1.88. The minimum Gasteiger partial charge on any atom is -0.407 e. The molecule has 3 heterocycles. The van der Waals surface area contributed by atoms with Gasteiger partial charge in [-0.05, 0) is 26.0 Å². The van der Waals surface area contributed by atoms with Crippen LogP contribution in [0.25, 0.3) is 0 Å². The zero-order valence-corrected chi connectivity index (χ0v) is 12.9. The van der Waals surface area contributed by atoms with Gasteiger partial charge in [0.05, 0.1) is 6.61 Å². The molecule has 0 saturated carbocycles. The van der Waals surface area contributed by atoms with Gasteiger partial charge in [0.15, 0.2) is 11.9 Å². The number of carbonyl (C=O) groups excluding carboxylic acids is 2. The van der Waals surface area contributed by atoms with Crippen LogP contribution >= 0.6 is 0 Å². The highest BCUT2D eigenvalue weighted by Crippen LogP contribution is 2.39. The summed E-state index contributed by atoms with van der Waals surface area (Å²) in [5.41, 5.74) is 0.650. The molecule has 3 atom stereocenters. The molecule has 3 saturated heterocycles. The highest BCUT2D eigenvalue weighted by molar-refractivity contribution is 6.00. The average molecular weight is 319 g/mol. The molecule has 0 bridgehead atoms. The Hall–Kier alpha value is -1.96. The van der Waals surface area contributed by atoms with E-state index in [1.807, 2.05) is 18.2 Å². The zero-order chi connectivity index (χ0) is 16.2. The third-order valence-electron chi connectivity index (χ3n) is 4.20. The highest BCUT2D eigenvalue weighted by Gasteiger charge is 2.63. The van der Waals surface area contributed by atoms with Crippen LogP contribution < -0.4 is 4.90 Å². The number of amides is 1. The molecule has 1 aromatic carbocycles. The number of benzene rings is 1. The number of ether oxygens (including phenoxy) is 4. The van der Waals surface area contributed by atoms with E-state index in [1.54, 1.807) is 26.0 Å². The van der Waals surface area contributed by atoms with Crippen LogP contribution in [0.4, 0.5) is 10.5 Å². The molecule has 3 fully saturated rings. The second-order valence-corrected chi connectivity index (χ2v) is 6.31. The Balaban J connectivity index is 1.61. The maximum Gasteiger partial charge on any atom is 0.417 e. The van der Waals surface area contributed by atoms with Gasteiger partial charge in [-0.25, -0.2) is 4.79 Å². The Morgan fingerprint density at radius 3 is 2.61 bits per heavy atom. The van der Waals surface area contributed by atoms with Gasteiger partial charge in [-0.15, -0.1) is 0 Å². The minimum atomic E-state index is -1.63. The molecule has 7 heteroatoms. The maximum atomic E-state index is 12.8. The van der Waals surface area contributed by atoms with E-state index in [9.17, 15) is 9.59 Å². The van der Waals surface area contributed by atoms with E-state index in [0.29, 0.717) is 5.69 Å². The van der Waals surface area contributed by atoms with Gasteiger partial charge in [-0.3, -0.25) is 9.69 Å². The fourth-order valence-corrected chi connectivity index (χ4v) is 3.19. The molecule has 3 aliphatic rings. The van der Waals surface area contributed by atoms with E-state index in [0.717, 1.165) is 0 Å². The number of nitrogens with zero attached hydrogens (tertiary/aromatic N) is 1. The molecule has 1 unspecified atom stereocenters. The molecule has 1 aromatic rings. The van der Waals surface area contributed by atoms with Crippen molar-refractivity contribution >= 4 is 17.6 Å². The standard InChI is InChI=1S/C16H17NO6/c1-15(2)21-11-8-20-16(13(18)12(11)22-15)9-17(14(19)23-16)10-6-4-3-5-7-10/h3-7,11-12H,8-9H2,1-2H3/t11-,12?,16+/m1/s1. The third kappa shape index (κ3) is 2.23. The number of hydrogen-bond donors (Lipinski definition) is 0. The van der Waals surface area contributed by atoms with Gasteiger partial charge < -0.3 is 18.9 Å². The molecular weight excluding hydrogens is 302 g/mol. The molecule has 122 valence electrons. The van der Waals surface area contributed by atoms with Gasteiger partial charge in [0.25, 0.3) is 5.79 Å². The molecule has 3 aliphatic heterocycles. The summed E-state index contributed by atoms with van der Waals surface area (Å²) in [6.45, 7) is 3.61. The van der Waals surface area contributed by atoms with Crippen LogP contribution in [0.3, 0.4) is 0 Å². The molecular formula is C16H17NO6. The van der Waals surface area contributed by atoms with Crippen molar-refractivity contribution < 1.29 is 28.5 Å². The topological polar surface area (TPSA) is 74.3 Å². The van der Waals surface area contributed by atoms with Crippen molar-refractivity contribution in [3.05, 3.63) is 30.3 Å². The highest BCUT2D eigenvalue weighted by atomic mass is 16.8. The predicted molar refractivity (Wildman–Crippen MR) is 77.8 cm³/mol. The van der Waals surface area contributed by atoms with E-state index >= 15 is 0 Å². The zero-order valence-electron chi connectivity index (χ0n) is 12.9. The van der Waals surface area contributed by atoms with Crippen LogP contribution in [0.1, 0.15) is 13.8 Å². The van der Waals surface area contributed by atoms with Crippen molar-refractivity contribution in [2.45, 2.75) is 37.6 Å². The first-order chi connectivity index (χ1) is 10.9. The Kier molecular flexibility index (Phi) is 3.03. The van der Waals surface area contributed by atoms with Crippen LogP contribution in [0.15, 0.2) is 30.3 Å². The first kappa shape index (κ1) is 14.6. The van der Waals surface area contributed by atoms with Crippen molar-refractivity contribution in [3.63, 3.8) is 0 Å². The van der Waals surface area contributed by atoms with Crippen LogP contribution in [-0.4, -0.2) is 48.8 Å². The number of anilines is 1. The van der Waals surface area contributed by atoms with Crippen molar-refractivity contribution in [2.75, 3.05) is 18.1 Å². The molecule has 0 aliphatic carbocycles. The lowest BCUT2D eigenvalue weighted by atomic mass is 9.99. The maximum absolute atomic E-state index is 12.8. The van der Waals surface area contributed by atoms with E-state index in [-0.39, 0.29) is 13.2 Å². The summed E-state index contributed by atoms with van der Waals surface area (Å²) >= 11 is 0. The lowest BCUT2D eigenvalue weighted by Gasteiger charge is -2.34. The summed E-state index contributed by atoms with van der Waals surface area (Å²) in [5, 5.41) is 0. The van der Waals surface area contributed by atoms with Crippen molar-refractivity contribution in [2.24, 2.45) is 0 Å². The number of para-hydroxylation sites is 1. The Labute approximate surface area is 133 Å². The second-order valence-electron chi connectivity index (χ2n) is 6.31. The van der Waals surface area contributed by atoms with E-state index < -0.39 is 35.7 Å². The third-order valence-corrected chi connectivity index (χ3v) is 4.20. The molecule has 7 nitrogen and oxygen atoms in total. The van der Waals surface area contributed by atoms with Gasteiger partial charge in [0.2, 0.25) is 5.78 Å². The largest absolute Gasteiger partial charge is 0.417 e. The fourth-order valence-electron chi connectivity index (χ4n) is 3.19. The van der Waals surface area contributed by atoms with E-state index in [2.05, 4.69) is 0 Å². The van der Waals surface area contributed by atoms with Gasteiger partial charge in [0, 0.05) is 5.69 Å². The molecule has 1 amide bonds. The summed E-state index contributed by atoms with van der Waals surface area (Å²) < 4.78 is 22.3. The van der Waals surface area contributed by atoms with E-state index in [4.69, 9.17) is 18.9 Å². The smallest absolute Gasteiger partial charge is 0.407 e.